The number of hydrogen-bond donors (Lipinski definition) is 0. The normalized spacial score (nSPS) is 36.7. The summed E-state index contributed by atoms with van der Waals surface area (Å²) >= 11 is 0. The fraction of sp³-hybridized carbons (Fsp3) is 0.846. The Hall–Kier alpha value is -1.14. The number of esters is 2. The molecule has 2 unspecified atom stereocenters. The Morgan fingerprint density at radius 2 is 2.00 bits per heavy atom. The van der Waals surface area contributed by atoms with Crippen LogP contribution in [0.3, 0.4) is 0 Å². The molecule has 2 aliphatic heterocycles. The van der Waals surface area contributed by atoms with E-state index in [0.29, 0.717) is 45.3 Å². The van der Waals surface area contributed by atoms with Gasteiger partial charge in [0.05, 0.1) is 20.3 Å². The lowest BCUT2D eigenvalue weighted by Gasteiger charge is -2.44. The first-order valence-electron chi connectivity index (χ1n) is 6.67. The van der Waals surface area contributed by atoms with Crippen molar-refractivity contribution in [2.24, 2.45) is 5.92 Å². The minimum absolute atomic E-state index is 0.238. The van der Waals surface area contributed by atoms with Crippen LogP contribution in [0.2, 0.25) is 0 Å². The zero-order chi connectivity index (χ0) is 13.5. The van der Waals surface area contributed by atoms with Crippen molar-refractivity contribution in [1.82, 2.24) is 0 Å². The Kier molecular flexibility index (Phi) is 3.02. The fourth-order valence-corrected chi connectivity index (χ4v) is 3.44. The van der Waals surface area contributed by atoms with Crippen LogP contribution in [0.4, 0.5) is 0 Å². The van der Waals surface area contributed by atoms with Crippen LogP contribution in [0.1, 0.15) is 32.1 Å². The highest BCUT2D eigenvalue weighted by atomic mass is 16.7. The van der Waals surface area contributed by atoms with Gasteiger partial charge in [-0.2, -0.15) is 0 Å². The monoisotopic (exact) mass is 270 g/mol. The predicted molar refractivity (Wildman–Crippen MR) is 62.0 cm³/mol. The summed E-state index contributed by atoms with van der Waals surface area (Å²) in [5, 5.41) is 0. The van der Waals surface area contributed by atoms with Crippen LogP contribution in [0, 0.1) is 5.92 Å². The van der Waals surface area contributed by atoms with Crippen molar-refractivity contribution in [2.75, 3.05) is 20.3 Å². The van der Waals surface area contributed by atoms with E-state index in [1.165, 1.54) is 7.11 Å². The molecule has 3 fully saturated rings. The van der Waals surface area contributed by atoms with Gasteiger partial charge < -0.3 is 18.9 Å². The molecule has 3 aliphatic rings. The maximum Gasteiger partial charge on any atom is 0.312 e. The fourth-order valence-electron chi connectivity index (χ4n) is 3.44. The summed E-state index contributed by atoms with van der Waals surface area (Å²) in [6, 6.07) is 0. The lowest BCUT2D eigenvalue weighted by atomic mass is 9.71. The van der Waals surface area contributed by atoms with Gasteiger partial charge in [-0.25, -0.2) is 0 Å². The highest BCUT2D eigenvalue weighted by Crippen LogP contribution is 2.50. The zero-order valence-corrected chi connectivity index (χ0v) is 11.0. The van der Waals surface area contributed by atoms with Crippen molar-refractivity contribution in [3.63, 3.8) is 0 Å². The summed E-state index contributed by atoms with van der Waals surface area (Å²) < 4.78 is 21.7. The highest BCUT2D eigenvalue weighted by molar-refractivity contribution is 5.78. The van der Waals surface area contributed by atoms with E-state index >= 15 is 0 Å². The number of ether oxygens (including phenoxy) is 4. The van der Waals surface area contributed by atoms with E-state index < -0.39 is 17.3 Å². The van der Waals surface area contributed by atoms with Gasteiger partial charge in [-0.15, -0.1) is 0 Å². The molecule has 2 atom stereocenters. The smallest absolute Gasteiger partial charge is 0.312 e. The van der Waals surface area contributed by atoms with E-state index in [0.717, 1.165) is 0 Å². The van der Waals surface area contributed by atoms with Crippen LogP contribution in [-0.4, -0.2) is 43.7 Å². The first-order valence-corrected chi connectivity index (χ1v) is 6.67. The number of methoxy groups -OCH3 is 1. The van der Waals surface area contributed by atoms with Crippen LogP contribution >= 0.6 is 0 Å². The molecule has 0 aromatic rings. The lowest BCUT2D eigenvalue weighted by molar-refractivity contribution is -0.227. The molecule has 3 rings (SSSR count). The Morgan fingerprint density at radius 1 is 1.26 bits per heavy atom. The third kappa shape index (κ3) is 2.03. The van der Waals surface area contributed by atoms with Crippen LogP contribution in [0.15, 0.2) is 0 Å². The zero-order valence-electron chi connectivity index (χ0n) is 11.0. The molecule has 0 N–H and O–H groups in total. The van der Waals surface area contributed by atoms with Gasteiger partial charge in [0.25, 0.3) is 0 Å². The number of carbonyl (C=O) groups is 2. The Labute approximate surface area is 111 Å². The first-order chi connectivity index (χ1) is 9.09. The molecule has 0 amide bonds. The average Bonchev–Trinajstić information content (AvgIpc) is 3.01. The van der Waals surface area contributed by atoms with E-state index in [9.17, 15) is 9.59 Å². The molecule has 0 bridgehead atoms. The van der Waals surface area contributed by atoms with Gasteiger partial charge in [-0.3, -0.25) is 9.59 Å². The van der Waals surface area contributed by atoms with Crippen molar-refractivity contribution in [1.29, 1.82) is 0 Å². The molecule has 106 valence electrons. The molecule has 2 spiro atoms. The summed E-state index contributed by atoms with van der Waals surface area (Å²) in [6.45, 7) is 1.08. The maximum absolute atomic E-state index is 12.1. The third-order valence-corrected chi connectivity index (χ3v) is 4.45. The van der Waals surface area contributed by atoms with Crippen molar-refractivity contribution in [3.8, 4) is 0 Å². The molecule has 6 nitrogen and oxygen atoms in total. The highest BCUT2D eigenvalue weighted by Gasteiger charge is 2.59. The third-order valence-electron chi connectivity index (χ3n) is 4.45. The van der Waals surface area contributed by atoms with Gasteiger partial charge in [-0.1, -0.05) is 0 Å². The average molecular weight is 270 g/mol. The van der Waals surface area contributed by atoms with Crippen LogP contribution < -0.4 is 0 Å². The largest absolute Gasteiger partial charge is 0.469 e. The van der Waals surface area contributed by atoms with Gasteiger partial charge in [0.2, 0.25) is 0 Å². The molecule has 0 radical (unpaired) electrons. The molecule has 1 aliphatic carbocycles. The minimum atomic E-state index is -0.718. The van der Waals surface area contributed by atoms with E-state index in [4.69, 9.17) is 18.9 Å². The first kappa shape index (κ1) is 12.9. The Balaban J connectivity index is 1.86. The van der Waals surface area contributed by atoms with E-state index in [1.807, 2.05) is 0 Å². The van der Waals surface area contributed by atoms with Gasteiger partial charge in [0.15, 0.2) is 5.79 Å². The standard InChI is InChI=1S/C13H18O6/c1-16-11(15)9-8-13(17-6-7-18-13)5-4-12(9)3-2-10(14)19-12/h9H,2-8H2,1H3. The second kappa shape index (κ2) is 4.45. The lowest BCUT2D eigenvalue weighted by Crippen LogP contribution is -2.53. The predicted octanol–water partition coefficient (Wildman–Crippen LogP) is 0.778. The second-order valence-electron chi connectivity index (χ2n) is 5.43. The van der Waals surface area contributed by atoms with Crippen molar-refractivity contribution >= 4 is 11.9 Å². The quantitative estimate of drug-likeness (QED) is 0.656. The van der Waals surface area contributed by atoms with Gasteiger partial charge in [-0.05, 0) is 12.8 Å². The molecule has 0 aromatic heterocycles. The van der Waals surface area contributed by atoms with E-state index in [1.54, 1.807) is 0 Å². The molecular formula is C13H18O6. The Morgan fingerprint density at radius 3 is 2.58 bits per heavy atom. The SMILES string of the molecule is COC(=O)C1CC2(CCC13CCC(=O)O3)OCCO2. The number of carbonyl (C=O) groups excluding carboxylic acids is 2. The van der Waals surface area contributed by atoms with Crippen LogP contribution in [-0.2, 0) is 28.5 Å². The molecule has 2 saturated heterocycles. The van der Waals surface area contributed by atoms with E-state index in [-0.39, 0.29) is 11.9 Å². The van der Waals surface area contributed by atoms with Crippen LogP contribution in [0.25, 0.3) is 0 Å². The second-order valence-corrected chi connectivity index (χ2v) is 5.43. The summed E-state index contributed by atoms with van der Waals surface area (Å²) in [6.07, 6.45) is 2.56. The van der Waals surface area contributed by atoms with Crippen LogP contribution in [0.5, 0.6) is 0 Å². The van der Waals surface area contributed by atoms with Crippen molar-refractivity contribution in [3.05, 3.63) is 0 Å². The molecule has 1 saturated carbocycles. The Bertz CT molecular complexity index is 400. The summed E-state index contributed by atoms with van der Waals surface area (Å²) in [7, 11) is 1.35. The summed E-state index contributed by atoms with van der Waals surface area (Å²) in [4.78, 5) is 23.5. The van der Waals surface area contributed by atoms with Gasteiger partial charge >= 0.3 is 11.9 Å². The summed E-state index contributed by atoms with van der Waals surface area (Å²) in [5.41, 5.74) is -0.718. The number of rotatable bonds is 1. The molecule has 6 heteroatoms. The molecule has 0 aromatic carbocycles. The minimum Gasteiger partial charge on any atom is -0.469 e. The van der Waals surface area contributed by atoms with Gasteiger partial charge in [0.1, 0.15) is 11.5 Å². The van der Waals surface area contributed by atoms with Gasteiger partial charge in [0, 0.05) is 19.3 Å². The summed E-state index contributed by atoms with van der Waals surface area (Å²) in [5.74, 6) is -1.79. The van der Waals surface area contributed by atoms with E-state index in [2.05, 4.69) is 0 Å². The topological polar surface area (TPSA) is 71.1 Å². The maximum atomic E-state index is 12.1. The number of hydrogen-bond acceptors (Lipinski definition) is 6. The van der Waals surface area contributed by atoms with Crippen molar-refractivity contribution < 1.29 is 28.5 Å². The van der Waals surface area contributed by atoms with Crippen molar-refractivity contribution in [2.45, 2.75) is 43.5 Å². The molecule has 19 heavy (non-hydrogen) atoms. The molecular weight excluding hydrogens is 252 g/mol. The molecule has 2 heterocycles.